The first-order valence-electron chi connectivity index (χ1n) is 21.8. The Bertz CT molecular complexity index is 3350. The summed E-state index contributed by atoms with van der Waals surface area (Å²) in [5.74, 6) is -1.03. The molecule has 0 radical (unpaired) electrons. The maximum absolute atomic E-state index is 13.8. The zero-order valence-electron chi connectivity index (χ0n) is 39.6. The lowest BCUT2D eigenvalue weighted by Crippen LogP contribution is -2.44. The maximum atomic E-state index is 13.8. The fraction of sp³-hybridized carbons (Fsp3) is 0.529. The van der Waals surface area contributed by atoms with E-state index >= 15 is 0 Å². The summed E-state index contributed by atoms with van der Waals surface area (Å²) >= 11 is 0. The number of rotatable bonds is 22. The molecule has 77 heavy (non-hydrogen) atoms. The summed E-state index contributed by atoms with van der Waals surface area (Å²) in [6.07, 6.45) is -14.9. The number of nitrogens with one attached hydrogen (secondary N) is 3. The normalized spacial score (nSPS) is 30.7. The van der Waals surface area contributed by atoms with E-state index in [1.54, 1.807) is 0 Å². The molecule has 5 aromatic rings. The van der Waals surface area contributed by atoms with Crippen molar-refractivity contribution in [3.05, 3.63) is 52.5 Å². The van der Waals surface area contributed by atoms with Crippen LogP contribution in [0.1, 0.15) is 19.4 Å². The Morgan fingerprint density at radius 2 is 1.39 bits per heavy atom. The molecular weight excluding hydrogens is 1130 g/mol. The second-order valence-corrected chi connectivity index (χ2v) is 22.9. The van der Waals surface area contributed by atoms with Crippen LogP contribution < -0.4 is 38.5 Å². The molecule has 3 aliphatic heterocycles. The van der Waals surface area contributed by atoms with E-state index in [0.717, 1.165) is 41.8 Å². The van der Waals surface area contributed by atoms with Crippen molar-refractivity contribution >= 4 is 82.8 Å². The summed E-state index contributed by atoms with van der Waals surface area (Å²) in [6, 6.07) is 0. The lowest BCUT2D eigenvalue weighted by Gasteiger charge is -2.29. The standard InChI is InChI=1S/C34H49N15O24P4/c1-5-47(25-15(38-3)27(54)45-32(36)43-25)29-18(51)17(50)12(68-29)6-65-75(58,59)72-77(62,63)73-76(60,61)66-7-13-20(21(64-4)31(69-13)48-10-41-14-23(35)39-9-40-24(14)48)71-74(56,57)67-8-34(2)22(53)19(52)30(70-34)49-11-42-16-26(49)44-33(37)46-28(16)55/h5,9-13,17-22,29-31,38,50-53H,1,6-8H2,2-4H3,(H,56,57)(H,58,59)(H,60,61)(H,62,63)(H2,35,39,40)(H3,36,43,45,54)(H3,37,44,46,55)/t12-,13+,17?,18?,19-,20-,21-,22+,29-,30+,31+,34+/m0/s1. The van der Waals surface area contributed by atoms with Gasteiger partial charge in [-0.15, -0.1) is 0 Å². The number of methoxy groups -OCH3 is 1. The molecule has 3 aliphatic rings. The molecule has 424 valence electrons. The highest BCUT2D eigenvalue weighted by Gasteiger charge is 2.56. The van der Waals surface area contributed by atoms with Gasteiger partial charge in [0.1, 0.15) is 72.0 Å². The summed E-state index contributed by atoms with van der Waals surface area (Å²) in [6.45, 7) is 1.26. The minimum Gasteiger partial charge on any atom is -0.387 e. The number of H-pyrrole nitrogens is 2. The number of nitrogen functional groups attached to an aromatic ring is 3. The maximum Gasteiger partial charge on any atom is 0.490 e. The Kier molecular flexibility index (Phi) is 16.3. The molecule has 8 rings (SSSR count). The molecule has 8 heterocycles. The molecule has 39 nitrogen and oxygen atoms in total. The van der Waals surface area contributed by atoms with Crippen LogP contribution in [0.2, 0.25) is 0 Å². The number of imidazole rings is 2. The minimum absolute atomic E-state index is 0.000187. The first-order valence-corrected chi connectivity index (χ1v) is 27.7. The van der Waals surface area contributed by atoms with Gasteiger partial charge in [-0.25, -0.2) is 38.2 Å². The van der Waals surface area contributed by atoms with Crippen molar-refractivity contribution in [1.29, 1.82) is 0 Å². The van der Waals surface area contributed by atoms with Crippen LogP contribution in [0.15, 0.2) is 41.3 Å². The van der Waals surface area contributed by atoms with Gasteiger partial charge >= 0.3 is 31.3 Å². The Hall–Kier alpha value is -5.28. The molecular formula is C34H49N15O24P4. The monoisotopic (exact) mass is 1180 g/mol. The van der Waals surface area contributed by atoms with E-state index < -0.39 is 135 Å². The van der Waals surface area contributed by atoms with Gasteiger partial charge in [-0.3, -0.25) is 46.8 Å². The van der Waals surface area contributed by atoms with Crippen molar-refractivity contribution in [3.63, 3.8) is 0 Å². The molecule has 0 aliphatic carbocycles. The highest BCUT2D eigenvalue weighted by molar-refractivity contribution is 7.66. The first-order chi connectivity index (χ1) is 36.0. The Labute approximate surface area is 428 Å². The molecule has 0 aromatic carbocycles. The van der Waals surface area contributed by atoms with E-state index in [2.05, 4.69) is 64.9 Å². The Morgan fingerprint density at radius 1 is 0.779 bits per heavy atom. The lowest BCUT2D eigenvalue weighted by atomic mass is 9.99. The first kappa shape index (κ1) is 57.9. The van der Waals surface area contributed by atoms with E-state index in [0.29, 0.717) is 0 Å². The lowest BCUT2D eigenvalue weighted by molar-refractivity contribution is -0.117. The van der Waals surface area contributed by atoms with Crippen molar-refractivity contribution in [1.82, 2.24) is 49.0 Å². The van der Waals surface area contributed by atoms with Crippen LogP contribution in [0, 0.1) is 0 Å². The van der Waals surface area contributed by atoms with E-state index in [-0.39, 0.29) is 51.5 Å². The van der Waals surface area contributed by atoms with Crippen molar-refractivity contribution in [2.75, 3.05) is 61.4 Å². The van der Waals surface area contributed by atoms with E-state index in [1.807, 2.05) is 0 Å². The average molecular weight is 1180 g/mol. The third-order valence-corrected chi connectivity index (χ3v) is 17.0. The molecule has 3 saturated heterocycles. The summed E-state index contributed by atoms with van der Waals surface area (Å²) in [7, 11) is -21.2. The summed E-state index contributed by atoms with van der Waals surface area (Å²) in [5, 5.41) is 46.2. The fourth-order valence-corrected chi connectivity index (χ4v) is 12.8. The van der Waals surface area contributed by atoms with Crippen LogP contribution in [0.3, 0.4) is 0 Å². The van der Waals surface area contributed by atoms with Crippen LogP contribution in [-0.2, 0) is 63.9 Å². The fourth-order valence-electron chi connectivity index (χ4n) is 8.25. The quantitative estimate of drug-likeness (QED) is 0.0302. The zero-order chi connectivity index (χ0) is 56.3. The minimum atomic E-state index is -6.23. The van der Waals surface area contributed by atoms with Crippen LogP contribution in [0.25, 0.3) is 22.3 Å². The number of aliphatic hydroxyl groups is 4. The number of ether oxygens (including phenoxy) is 4. The number of hydrogen-bond donors (Lipinski definition) is 14. The molecule has 17 N–H and O–H groups in total. The molecule has 6 unspecified atom stereocenters. The van der Waals surface area contributed by atoms with Gasteiger partial charge < -0.3 is 86.4 Å². The van der Waals surface area contributed by atoms with Gasteiger partial charge in [0.15, 0.2) is 47.1 Å². The van der Waals surface area contributed by atoms with Gasteiger partial charge in [0.25, 0.3) is 11.1 Å². The van der Waals surface area contributed by atoms with E-state index in [9.17, 15) is 67.8 Å². The Morgan fingerprint density at radius 3 is 2.03 bits per heavy atom. The summed E-state index contributed by atoms with van der Waals surface area (Å²) < 4.78 is 107. The number of anilines is 5. The summed E-state index contributed by atoms with van der Waals surface area (Å²) in [4.78, 5) is 96.8. The number of aromatic amines is 2. The number of fused-ring (bicyclic) bond motifs is 2. The smallest absolute Gasteiger partial charge is 0.387 e. The predicted octanol–water partition coefficient (Wildman–Crippen LogP) is -3.28. The highest BCUT2D eigenvalue weighted by atomic mass is 31.3. The Balaban J connectivity index is 0.942. The number of nitrogens with zero attached hydrogens (tertiary/aromatic N) is 9. The van der Waals surface area contributed by atoms with Crippen LogP contribution in [0.5, 0.6) is 0 Å². The van der Waals surface area contributed by atoms with Crippen molar-refractivity contribution in [2.24, 2.45) is 0 Å². The van der Waals surface area contributed by atoms with Crippen molar-refractivity contribution in [3.8, 4) is 0 Å². The average Bonchev–Trinajstić information content (AvgIpc) is 4.15. The molecule has 0 saturated carbocycles. The van der Waals surface area contributed by atoms with E-state index in [1.165, 1.54) is 18.5 Å². The number of phosphoric ester groups is 3. The SMILES string of the molecule is C=CN(c1nc(N)[nH]c(=O)c1NC)[C@H]1O[C@@H](COP(=O)(O)OP(=O)(O)OP(=O)(O)OC[C@H]2O[C@@H](n3cnc4c(N)ncnc43)[C@@H](OC)[C@H]2OP(=O)(O)OC[C@@]2(C)O[C@@H](n3cnc4c(=O)[nH]c(N)nc43)[C@@H](O)[C@H]2O)C(O)C1O. The third-order valence-electron chi connectivity index (χ3n) is 11.8. The molecule has 43 heteroatoms. The summed E-state index contributed by atoms with van der Waals surface area (Å²) in [5.41, 5.74) is 13.2. The van der Waals surface area contributed by atoms with Crippen LogP contribution in [0.4, 0.5) is 29.2 Å². The van der Waals surface area contributed by atoms with Gasteiger partial charge in [-0.2, -0.15) is 18.6 Å². The molecule has 0 bridgehead atoms. The van der Waals surface area contributed by atoms with Gasteiger partial charge in [-0.1, -0.05) is 6.58 Å². The second kappa shape index (κ2) is 21.7. The molecule has 5 aromatic heterocycles. The molecule has 3 fully saturated rings. The van der Waals surface area contributed by atoms with Crippen molar-refractivity contribution < 1.29 is 104 Å². The second-order valence-electron chi connectivity index (χ2n) is 16.9. The number of aromatic nitrogens is 10. The number of nitrogens with two attached hydrogens (primary N) is 3. The third kappa shape index (κ3) is 11.9. The largest absolute Gasteiger partial charge is 0.490 e. The predicted molar refractivity (Wildman–Crippen MR) is 254 cm³/mol. The van der Waals surface area contributed by atoms with Gasteiger partial charge in [-0.05, 0) is 6.92 Å². The van der Waals surface area contributed by atoms with Gasteiger partial charge in [0.2, 0.25) is 11.9 Å². The van der Waals surface area contributed by atoms with Gasteiger partial charge in [0.05, 0.1) is 32.5 Å². The highest BCUT2D eigenvalue weighted by Crippen LogP contribution is 2.68. The van der Waals surface area contributed by atoms with Crippen LogP contribution in [-0.4, -0.2) is 184 Å². The number of aliphatic hydroxyl groups excluding tert-OH is 4. The molecule has 0 spiro atoms. The molecule has 16 atom stereocenters. The van der Waals surface area contributed by atoms with E-state index in [4.69, 9.17) is 49.7 Å². The topological polar surface area (TPSA) is 569 Å². The zero-order valence-corrected chi connectivity index (χ0v) is 43.2. The van der Waals surface area contributed by atoms with Gasteiger partial charge in [0, 0.05) is 20.4 Å². The van der Waals surface area contributed by atoms with Crippen molar-refractivity contribution in [2.45, 2.75) is 80.0 Å². The number of phosphoric acid groups is 4. The molecule has 0 amide bonds. The number of hydrogen-bond acceptors (Lipinski definition) is 31. The van der Waals surface area contributed by atoms with Crippen LogP contribution >= 0.6 is 31.3 Å².